The number of carboxylic acids is 1. The second-order valence-corrected chi connectivity index (χ2v) is 9.51. The van der Waals surface area contributed by atoms with Crippen molar-refractivity contribution in [1.82, 2.24) is 19.8 Å². The van der Waals surface area contributed by atoms with Gasteiger partial charge in [-0.05, 0) is 54.6 Å². The lowest BCUT2D eigenvalue weighted by atomic mass is 10.0. The monoisotopic (exact) mass is 590 g/mol. The lowest BCUT2D eigenvalue weighted by Crippen LogP contribution is -2.42. The minimum atomic E-state index is -1.28. The first-order chi connectivity index (χ1) is 18.1. The number of rotatable bonds is 8. The van der Waals surface area contributed by atoms with Gasteiger partial charge in [-0.25, -0.2) is 14.2 Å². The van der Waals surface area contributed by atoms with Gasteiger partial charge >= 0.3 is 11.7 Å². The normalized spacial score (nSPS) is 11.6. The summed E-state index contributed by atoms with van der Waals surface area (Å²) in [5.74, 6) is -1.96. The third-order valence-electron chi connectivity index (χ3n) is 6.14. The molecule has 1 heterocycles. The van der Waals surface area contributed by atoms with Crippen LogP contribution in [0.2, 0.25) is 10.0 Å². The number of nitrogens with zero attached hydrogens (tertiary/aromatic N) is 2. The van der Waals surface area contributed by atoms with Gasteiger partial charge in [-0.3, -0.25) is 14.2 Å². The Hall–Kier alpha value is -3.63. The Balaban J connectivity index is 0.00000420. The largest absolute Gasteiger partial charge is 0.480 e. The average Bonchev–Trinajstić information content (AvgIpc) is 2.88. The number of aryl methyl sites for hydroxylation is 1. The SMILES string of the molecule is CNCc1ccc2c(c1)c(=O)n(-c1ccc(C[C@H](NC(=O)c3c(Cl)cccc3Cl)C(=O)O)cc1)c(=O)n2C.Cl. The van der Waals surface area contributed by atoms with E-state index >= 15 is 0 Å². The van der Waals surface area contributed by atoms with Gasteiger partial charge in [-0.2, -0.15) is 0 Å². The summed E-state index contributed by atoms with van der Waals surface area (Å²) in [6.45, 7) is 0.566. The van der Waals surface area contributed by atoms with Crippen LogP contribution in [0.15, 0.2) is 70.3 Å². The second-order valence-electron chi connectivity index (χ2n) is 8.70. The van der Waals surface area contributed by atoms with Gasteiger partial charge in [0.1, 0.15) is 6.04 Å². The Kier molecular flexibility index (Phi) is 9.58. The molecule has 0 aliphatic rings. The van der Waals surface area contributed by atoms with E-state index < -0.39 is 29.2 Å². The summed E-state index contributed by atoms with van der Waals surface area (Å²) in [7, 11) is 3.40. The number of amides is 1. The molecule has 1 aromatic heterocycles. The fourth-order valence-corrected chi connectivity index (χ4v) is 4.78. The van der Waals surface area contributed by atoms with Crippen molar-refractivity contribution in [3.05, 3.63) is 108 Å². The average molecular weight is 592 g/mol. The van der Waals surface area contributed by atoms with E-state index in [4.69, 9.17) is 23.2 Å². The molecule has 0 aliphatic heterocycles. The van der Waals surface area contributed by atoms with E-state index in [-0.39, 0.29) is 34.4 Å². The van der Waals surface area contributed by atoms with E-state index in [2.05, 4.69) is 10.6 Å². The number of halogens is 3. The summed E-state index contributed by atoms with van der Waals surface area (Å²) >= 11 is 12.1. The first kappa shape index (κ1) is 29.9. The number of benzene rings is 3. The quantitative estimate of drug-likeness (QED) is 0.288. The fraction of sp³-hybridized carbons (Fsp3) is 0.185. The molecule has 0 saturated carbocycles. The van der Waals surface area contributed by atoms with E-state index in [1.165, 1.54) is 16.7 Å². The van der Waals surface area contributed by atoms with Crippen LogP contribution < -0.4 is 21.9 Å². The van der Waals surface area contributed by atoms with Crippen LogP contribution in [0.25, 0.3) is 16.6 Å². The highest BCUT2D eigenvalue weighted by atomic mass is 35.5. The zero-order valence-electron chi connectivity index (χ0n) is 20.9. The van der Waals surface area contributed by atoms with Gasteiger partial charge in [0.25, 0.3) is 11.5 Å². The van der Waals surface area contributed by atoms with E-state index in [0.717, 1.165) is 10.1 Å². The Morgan fingerprint density at radius 2 is 1.59 bits per heavy atom. The van der Waals surface area contributed by atoms with Crippen LogP contribution in [0.4, 0.5) is 0 Å². The highest BCUT2D eigenvalue weighted by Crippen LogP contribution is 2.24. The zero-order chi connectivity index (χ0) is 27.6. The standard InChI is InChI=1S/C27H24Cl2N4O5.ClH/c1-30-14-16-8-11-22-18(12-16)25(35)33(27(38)32(22)2)17-9-6-15(7-10-17)13-21(26(36)37)31-24(34)23-19(28)4-3-5-20(23)29;/h3-12,21,30H,13-14H2,1-2H3,(H,31,34)(H,36,37);1H/t21-;/m0./s1. The smallest absolute Gasteiger partial charge is 0.335 e. The van der Waals surface area contributed by atoms with Crippen LogP contribution in [-0.4, -0.2) is 39.2 Å². The molecule has 0 spiro atoms. The molecule has 1 atom stereocenters. The molecular weight excluding hydrogens is 567 g/mol. The van der Waals surface area contributed by atoms with Crippen molar-refractivity contribution in [1.29, 1.82) is 0 Å². The van der Waals surface area contributed by atoms with E-state index in [1.807, 2.05) is 6.07 Å². The number of carbonyl (C=O) groups is 2. The Labute approximate surface area is 239 Å². The van der Waals surface area contributed by atoms with Crippen molar-refractivity contribution in [2.75, 3.05) is 7.05 Å². The van der Waals surface area contributed by atoms with Crippen LogP contribution in [0, 0.1) is 0 Å². The van der Waals surface area contributed by atoms with Gasteiger partial charge in [-0.1, -0.05) is 47.5 Å². The van der Waals surface area contributed by atoms with Crippen LogP contribution >= 0.6 is 35.6 Å². The van der Waals surface area contributed by atoms with E-state index in [0.29, 0.717) is 28.7 Å². The second kappa shape index (κ2) is 12.5. The zero-order valence-corrected chi connectivity index (χ0v) is 23.2. The van der Waals surface area contributed by atoms with Gasteiger partial charge in [0.2, 0.25) is 0 Å². The number of aliphatic carboxylic acids is 1. The third-order valence-corrected chi connectivity index (χ3v) is 6.77. The molecule has 1 amide bonds. The third kappa shape index (κ3) is 6.17. The molecule has 204 valence electrons. The molecule has 39 heavy (non-hydrogen) atoms. The minimum absolute atomic E-state index is 0. The van der Waals surface area contributed by atoms with Gasteiger partial charge in [0.05, 0.1) is 32.2 Å². The van der Waals surface area contributed by atoms with Crippen LogP contribution in [0.3, 0.4) is 0 Å². The van der Waals surface area contributed by atoms with Gasteiger partial charge in [0, 0.05) is 20.0 Å². The molecule has 12 heteroatoms. The molecule has 0 fully saturated rings. The number of aromatic nitrogens is 2. The molecular formula is C27H25Cl3N4O5. The van der Waals surface area contributed by atoms with Crippen LogP contribution in [0.1, 0.15) is 21.5 Å². The van der Waals surface area contributed by atoms with Crippen LogP contribution in [-0.2, 0) is 24.8 Å². The molecule has 9 nitrogen and oxygen atoms in total. The predicted octanol–water partition coefficient (Wildman–Crippen LogP) is 3.56. The highest BCUT2D eigenvalue weighted by molar-refractivity contribution is 6.39. The Morgan fingerprint density at radius 3 is 2.18 bits per heavy atom. The highest BCUT2D eigenvalue weighted by Gasteiger charge is 2.24. The summed E-state index contributed by atoms with van der Waals surface area (Å²) in [5, 5.41) is 15.8. The maximum absolute atomic E-state index is 13.3. The number of carbonyl (C=O) groups excluding carboxylic acids is 1. The molecule has 3 aromatic carbocycles. The summed E-state index contributed by atoms with van der Waals surface area (Å²) in [4.78, 5) is 50.9. The maximum atomic E-state index is 13.3. The fourth-order valence-electron chi connectivity index (χ4n) is 4.21. The van der Waals surface area contributed by atoms with Crippen molar-refractivity contribution in [3.63, 3.8) is 0 Å². The summed E-state index contributed by atoms with van der Waals surface area (Å²) in [5.41, 5.74) is 1.34. The van der Waals surface area contributed by atoms with Gasteiger partial charge in [0.15, 0.2) is 0 Å². The summed E-state index contributed by atoms with van der Waals surface area (Å²) in [6, 6.07) is 15.0. The molecule has 0 bridgehead atoms. The first-order valence-corrected chi connectivity index (χ1v) is 12.3. The van der Waals surface area contributed by atoms with E-state index in [1.54, 1.807) is 56.6 Å². The maximum Gasteiger partial charge on any atom is 0.335 e. The number of carboxylic acid groups (broad SMARTS) is 1. The summed E-state index contributed by atoms with van der Waals surface area (Å²) < 4.78 is 2.48. The van der Waals surface area contributed by atoms with Crippen molar-refractivity contribution >= 4 is 58.4 Å². The van der Waals surface area contributed by atoms with Crippen LogP contribution in [0.5, 0.6) is 0 Å². The predicted molar refractivity (Wildman–Crippen MR) is 154 cm³/mol. The molecule has 4 aromatic rings. The van der Waals surface area contributed by atoms with Crippen molar-refractivity contribution in [2.45, 2.75) is 19.0 Å². The van der Waals surface area contributed by atoms with Gasteiger partial charge < -0.3 is 15.7 Å². The van der Waals surface area contributed by atoms with Crippen molar-refractivity contribution in [2.24, 2.45) is 7.05 Å². The number of hydrogen-bond donors (Lipinski definition) is 3. The first-order valence-electron chi connectivity index (χ1n) is 11.6. The number of hydrogen-bond acceptors (Lipinski definition) is 5. The van der Waals surface area contributed by atoms with Crippen molar-refractivity contribution in [3.8, 4) is 5.69 Å². The Bertz CT molecular complexity index is 1650. The summed E-state index contributed by atoms with van der Waals surface area (Å²) in [6.07, 6.45) is -0.0541. The Morgan fingerprint density at radius 1 is 0.974 bits per heavy atom. The molecule has 0 radical (unpaired) electrons. The van der Waals surface area contributed by atoms with E-state index in [9.17, 15) is 24.3 Å². The van der Waals surface area contributed by atoms with Crippen molar-refractivity contribution < 1.29 is 14.7 Å². The molecule has 3 N–H and O–H groups in total. The minimum Gasteiger partial charge on any atom is -0.480 e. The molecule has 4 rings (SSSR count). The molecule has 0 saturated heterocycles. The lowest BCUT2D eigenvalue weighted by Gasteiger charge is -2.16. The molecule has 0 aliphatic carbocycles. The number of fused-ring (bicyclic) bond motifs is 1. The van der Waals surface area contributed by atoms with Gasteiger partial charge in [-0.15, -0.1) is 12.4 Å². The topological polar surface area (TPSA) is 122 Å². The molecule has 0 unspecified atom stereocenters. The number of nitrogens with one attached hydrogen (secondary N) is 2. The lowest BCUT2D eigenvalue weighted by molar-refractivity contribution is -0.139.